The first-order chi connectivity index (χ1) is 22.8. The van der Waals surface area contributed by atoms with Crippen LogP contribution in [-0.2, 0) is 0 Å². The van der Waals surface area contributed by atoms with Crippen molar-refractivity contribution in [2.75, 3.05) is 0 Å². The van der Waals surface area contributed by atoms with Crippen LogP contribution in [0.15, 0.2) is 160 Å². The Morgan fingerprint density at radius 1 is 0.391 bits per heavy atom. The highest BCUT2D eigenvalue weighted by atomic mass is 16.3. The number of benzene rings is 7. The molecule has 3 nitrogen and oxygen atoms in total. The van der Waals surface area contributed by atoms with Crippen LogP contribution in [0.4, 0.5) is 0 Å². The second-order valence-electron chi connectivity index (χ2n) is 11.8. The van der Waals surface area contributed by atoms with Gasteiger partial charge in [-0.3, -0.25) is 0 Å². The van der Waals surface area contributed by atoms with Gasteiger partial charge in [-0.1, -0.05) is 127 Å². The van der Waals surface area contributed by atoms with Crippen molar-refractivity contribution >= 4 is 65.6 Å². The van der Waals surface area contributed by atoms with Gasteiger partial charge < -0.3 is 8.83 Å². The largest absolute Gasteiger partial charge is 0.456 e. The van der Waals surface area contributed by atoms with Crippen molar-refractivity contribution in [2.24, 2.45) is 0 Å². The molecule has 0 aliphatic rings. The molecule has 10 aromatic rings. The van der Waals surface area contributed by atoms with Crippen LogP contribution < -0.4 is 0 Å². The van der Waals surface area contributed by atoms with Crippen LogP contribution in [0.3, 0.4) is 0 Å². The molecule has 3 heteroatoms. The Kier molecular flexibility index (Phi) is 5.28. The van der Waals surface area contributed by atoms with E-state index in [1.165, 1.54) is 10.9 Å². The van der Waals surface area contributed by atoms with Crippen LogP contribution in [0.25, 0.3) is 99.1 Å². The van der Waals surface area contributed by atoms with E-state index in [2.05, 4.69) is 127 Å². The molecule has 10 rings (SSSR count). The van der Waals surface area contributed by atoms with E-state index in [9.17, 15) is 0 Å². The number of fused-ring (bicyclic) bond motifs is 9. The van der Waals surface area contributed by atoms with Crippen molar-refractivity contribution in [1.29, 1.82) is 0 Å². The zero-order valence-electron chi connectivity index (χ0n) is 24.7. The minimum Gasteiger partial charge on any atom is -0.456 e. The zero-order valence-corrected chi connectivity index (χ0v) is 24.7. The number of hydrogen-bond donors (Lipinski definition) is 0. The van der Waals surface area contributed by atoms with Gasteiger partial charge in [0.1, 0.15) is 22.3 Å². The molecule has 0 aliphatic carbocycles. The number of aromatic nitrogens is 1. The van der Waals surface area contributed by atoms with Crippen LogP contribution >= 0.6 is 0 Å². The molecule has 214 valence electrons. The minimum atomic E-state index is 0.860. The molecule has 0 N–H and O–H groups in total. The fourth-order valence-electron chi connectivity index (χ4n) is 7.21. The first kappa shape index (κ1) is 25.2. The van der Waals surface area contributed by atoms with E-state index in [4.69, 9.17) is 13.8 Å². The molecule has 3 aromatic heterocycles. The summed E-state index contributed by atoms with van der Waals surface area (Å²) in [5.41, 5.74) is 11.0. The number of hydrogen-bond acceptors (Lipinski definition) is 3. The lowest BCUT2D eigenvalue weighted by Gasteiger charge is -2.16. The Hall–Kier alpha value is -6.19. The van der Waals surface area contributed by atoms with Gasteiger partial charge in [0.15, 0.2) is 0 Å². The quantitative estimate of drug-likeness (QED) is 0.193. The lowest BCUT2D eigenvalue weighted by molar-refractivity contribution is 0.669. The minimum absolute atomic E-state index is 0.860. The topological polar surface area (TPSA) is 39.2 Å². The van der Waals surface area contributed by atoms with Crippen LogP contribution in [0, 0.1) is 0 Å². The molecule has 0 unspecified atom stereocenters. The SMILES string of the molecule is c1ccc(-c2c3c(cc4c(-c5ccc(-c6cccc7c6oc6ccccc67)cc5)nc5ccccc5c24)oc2ccccc23)cc1. The summed E-state index contributed by atoms with van der Waals surface area (Å²) < 4.78 is 12.9. The van der Waals surface area contributed by atoms with E-state index in [1.807, 2.05) is 24.3 Å². The smallest absolute Gasteiger partial charge is 0.143 e. The normalized spacial score (nSPS) is 11.9. The molecule has 0 atom stereocenters. The van der Waals surface area contributed by atoms with Crippen LogP contribution in [0.1, 0.15) is 0 Å². The van der Waals surface area contributed by atoms with E-state index >= 15 is 0 Å². The molecule has 0 spiro atoms. The molecule has 0 bridgehead atoms. The number of nitrogens with zero attached hydrogens (tertiary/aromatic N) is 1. The lowest BCUT2D eigenvalue weighted by atomic mass is 9.89. The van der Waals surface area contributed by atoms with Gasteiger partial charge in [0, 0.05) is 54.4 Å². The molecule has 0 radical (unpaired) electrons. The summed E-state index contributed by atoms with van der Waals surface area (Å²) in [6.07, 6.45) is 0. The van der Waals surface area contributed by atoms with E-state index in [0.717, 1.165) is 88.1 Å². The first-order valence-corrected chi connectivity index (χ1v) is 15.5. The highest BCUT2D eigenvalue weighted by Gasteiger charge is 2.21. The van der Waals surface area contributed by atoms with E-state index in [1.54, 1.807) is 0 Å². The van der Waals surface area contributed by atoms with Gasteiger partial charge in [0.25, 0.3) is 0 Å². The predicted molar refractivity (Wildman–Crippen MR) is 190 cm³/mol. The van der Waals surface area contributed by atoms with Crippen LogP contribution in [0.5, 0.6) is 0 Å². The average molecular weight is 588 g/mol. The van der Waals surface area contributed by atoms with Gasteiger partial charge in [-0.2, -0.15) is 0 Å². The molecule has 3 heterocycles. The average Bonchev–Trinajstić information content (AvgIpc) is 3.69. The molecular formula is C43H25NO2. The fraction of sp³-hybridized carbons (Fsp3) is 0. The summed E-state index contributed by atoms with van der Waals surface area (Å²) in [6, 6.07) is 52.9. The Bertz CT molecular complexity index is 2790. The van der Waals surface area contributed by atoms with Gasteiger partial charge in [0.2, 0.25) is 0 Å². The van der Waals surface area contributed by atoms with Gasteiger partial charge in [0.05, 0.1) is 11.2 Å². The standard InChI is InChI=1S/C43H25NO2/c1-2-11-27(12-3-1)39-40-32-14-4-7-18-35(32)44-42(34(40)25-38-41(39)33-15-6-9-20-37(33)45-38)28-23-21-26(22-24-28)29-16-10-17-31-30-13-5-8-19-36(30)46-43(29)31/h1-25H. The fourth-order valence-corrected chi connectivity index (χ4v) is 7.21. The van der Waals surface area contributed by atoms with Crippen molar-refractivity contribution in [3.8, 4) is 33.5 Å². The molecule has 46 heavy (non-hydrogen) atoms. The highest BCUT2D eigenvalue weighted by Crippen LogP contribution is 2.46. The van der Waals surface area contributed by atoms with Gasteiger partial charge in [-0.15, -0.1) is 0 Å². The molecule has 0 saturated carbocycles. The van der Waals surface area contributed by atoms with Crippen molar-refractivity contribution in [2.45, 2.75) is 0 Å². The third-order valence-corrected chi connectivity index (χ3v) is 9.26. The van der Waals surface area contributed by atoms with Crippen molar-refractivity contribution in [3.05, 3.63) is 152 Å². The molecule has 0 fully saturated rings. The maximum Gasteiger partial charge on any atom is 0.143 e. The van der Waals surface area contributed by atoms with Gasteiger partial charge >= 0.3 is 0 Å². The second-order valence-corrected chi connectivity index (χ2v) is 11.8. The third kappa shape index (κ3) is 3.63. The number of para-hydroxylation sites is 4. The molecule has 0 saturated heterocycles. The van der Waals surface area contributed by atoms with Gasteiger partial charge in [-0.05, 0) is 35.4 Å². The molecule has 7 aromatic carbocycles. The number of rotatable bonds is 3. The summed E-state index contributed by atoms with van der Waals surface area (Å²) >= 11 is 0. The Labute approximate surface area is 264 Å². The Morgan fingerprint density at radius 2 is 1.04 bits per heavy atom. The molecule has 0 aliphatic heterocycles. The summed E-state index contributed by atoms with van der Waals surface area (Å²) in [6.45, 7) is 0. The number of furan rings is 2. The highest BCUT2D eigenvalue weighted by molar-refractivity contribution is 6.27. The first-order valence-electron chi connectivity index (χ1n) is 15.5. The monoisotopic (exact) mass is 587 g/mol. The molecule has 0 amide bonds. The summed E-state index contributed by atoms with van der Waals surface area (Å²) in [5.74, 6) is 0. The van der Waals surface area contributed by atoms with E-state index in [0.29, 0.717) is 0 Å². The Balaban J connectivity index is 1.25. The van der Waals surface area contributed by atoms with Crippen molar-refractivity contribution < 1.29 is 8.83 Å². The third-order valence-electron chi connectivity index (χ3n) is 9.26. The lowest BCUT2D eigenvalue weighted by Crippen LogP contribution is -1.93. The summed E-state index contributed by atoms with van der Waals surface area (Å²) in [7, 11) is 0. The summed E-state index contributed by atoms with van der Waals surface area (Å²) in [5, 5.41) is 7.88. The maximum atomic E-state index is 6.53. The van der Waals surface area contributed by atoms with E-state index < -0.39 is 0 Å². The van der Waals surface area contributed by atoms with Crippen LogP contribution in [0.2, 0.25) is 0 Å². The van der Waals surface area contributed by atoms with E-state index in [-0.39, 0.29) is 0 Å². The van der Waals surface area contributed by atoms with Gasteiger partial charge in [-0.25, -0.2) is 4.98 Å². The Morgan fingerprint density at radius 3 is 1.87 bits per heavy atom. The van der Waals surface area contributed by atoms with Crippen molar-refractivity contribution in [1.82, 2.24) is 4.98 Å². The maximum absolute atomic E-state index is 6.53. The second kappa shape index (κ2) is 9.65. The zero-order chi connectivity index (χ0) is 30.2. The van der Waals surface area contributed by atoms with Crippen molar-refractivity contribution in [3.63, 3.8) is 0 Å². The molecular weight excluding hydrogens is 562 g/mol. The summed E-state index contributed by atoms with van der Waals surface area (Å²) in [4.78, 5) is 5.29. The predicted octanol–water partition coefficient (Wildman–Crippen LogP) is 12.2. The van der Waals surface area contributed by atoms with Crippen LogP contribution in [-0.4, -0.2) is 4.98 Å². The number of pyridine rings is 1.